The summed E-state index contributed by atoms with van der Waals surface area (Å²) in [4.78, 5) is 15.2. The third-order valence-electron chi connectivity index (χ3n) is 5.34. The van der Waals surface area contributed by atoms with E-state index in [-0.39, 0.29) is 18.5 Å². The van der Waals surface area contributed by atoms with Crippen molar-refractivity contribution in [2.75, 3.05) is 26.7 Å². The Balaban J connectivity index is 1.73. The van der Waals surface area contributed by atoms with Crippen LogP contribution in [0.4, 0.5) is 0 Å². The quantitative estimate of drug-likeness (QED) is 0.470. The minimum Gasteiger partial charge on any atom is -0.497 e. The lowest BCUT2D eigenvalue weighted by molar-refractivity contribution is -0.121. The lowest BCUT2D eigenvalue weighted by Gasteiger charge is -2.30. The summed E-state index contributed by atoms with van der Waals surface area (Å²) >= 11 is 5.36. The van der Waals surface area contributed by atoms with Crippen LogP contribution in [-0.4, -0.2) is 52.3 Å². The molecule has 0 saturated carbocycles. The zero-order chi connectivity index (χ0) is 22.2. The molecule has 2 N–H and O–H groups in total. The number of aromatic amines is 1. The van der Waals surface area contributed by atoms with Crippen LogP contribution in [0.1, 0.15) is 25.5 Å². The van der Waals surface area contributed by atoms with Gasteiger partial charge in [0.15, 0.2) is 10.6 Å². The summed E-state index contributed by atoms with van der Waals surface area (Å²) in [5, 5.41) is 10.2. The number of likely N-dealkylation sites (N-methyl/N-ethyl adjacent to an activating group) is 1. The van der Waals surface area contributed by atoms with Gasteiger partial charge in [-0.15, -0.1) is 0 Å². The predicted molar refractivity (Wildman–Crippen MR) is 125 cm³/mol. The van der Waals surface area contributed by atoms with Crippen molar-refractivity contribution in [2.45, 2.75) is 26.4 Å². The molecule has 0 aliphatic heterocycles. The molecule has 164 valence electrons. The van der Waals surface area contributed by atoms with Gasteiger partial charge in [-0.3, -0.25) is 19.4 Å². The molecule has 3 aromatic rings. The van der Waals surface area contributed by atoms with E-state index < -0.39 is 0 Å². The Labute approximate surface area is 188 Å². The number of ether oxygens (including phenoxy) is 1. The molecule has 0 aliphatic rings. The third kappa shape index (κ3) is 5.59. The first kappa shape index (κ1) is 22.7. The number of hydrogen-bond acceptors (Lipinski definition) is 5. The Morgan fingerprint density at radius 2 is 1.84 bits per heavy atom. The van der Waals surface area contributed by atoms with Crippen LogP contribution in [0, 0.1) is 4.77 Å². The van der Waals surface area contributed by atoms with E-state index in [4.69, 9.17) is 17.0 Å². The van der Waals surface area contributed by atoms with Gasteiger partial charge in [-0.1, -0.05) is 44.2 Å². The molecule has 7 nitrogen and oxygen atoms in total. The van der Waals surface area contributed by atoms with Crippen LogP contribution in [0.2, 0.25) is 0 Å². The fourth-order valence-corrected chi connectivity index (χ4v) is 3.83. The van der Waals surface area contributed by atoms with Crippen LogP contribution in [0.3, 0.4) is 0 Å². The normalized spacial score (nSPS) is 12.0. The summed E-state index contributed by atoms with van der Waals surface area (Å²) in [6, 6.07) is 17.9. The zero-order valence-corrected chi connectivity index (χ0v) is 19.0. The molecular formula is C23H29N5O2S. The third-order valence-corrected chi connectivity index (χ3v) is 5.65. The Bertz CT molecular complexity index is 1030. The fourth-order valence-electron chi connectivity index (χ4n) is 3.63. The van der Waals surface area contributed by atoms with Crippen LogP contribution >= 0.6 is 12.2 Å². The Morgan fingerprint density at radius 3 is 2.45 bits per heavy atom. The summed E-state index contributed by atoms with van der Waals surface area (Å²) < 4.78 is 7.33. The molecule has 2 aromatic carbocycles. The van der Waals surface area contributed by atoms with E-state index >= 15 is 0 Å². The van der Waals surface area contributed by atoms with Crippen molar-refractivity contribution < 1.29 is 9.53 Å². The second-order valence-electron chi connectivity index (χ2n) is 7.12. The number of carbonyl (C=O) groups excluding carboxylic acids is 1. The van der Waals surface area contributed by atoms with Gasteiger partial charge < -0.3 is 10.1 Å². The number of carbonyl (C=O) groups is 1. The highest BCUT2D eigenvalue weighted by Gasteiger charge is 2.19. The standard InChI is InChI=1S/C23H29N5O2S/c1-4-27(5-2)20(17-9-7-6-8-10-17)15-24-21(29)16-28-22(25-26-23(28)31)18-11-13-19(30-3)14-12-18/h6-14,20H,4-5,15-16H2,1-3H3,(H,24,29)(H,26,31). The van der Waals surface area contributed by atoms with Crippen LogP contribution < -0.4 is 10.1 Å². The molecule has 0 aliphatic carbocycles. The topological polar surface area (TPSA) is 75.2 Å². The molecule has 1 amide bonds. The number of hydrogen-bond donors (Lipinski definition) is 2. The van der Waals surface area contributed by atoms with E-state index in [1.165, 1.54) is 5.56 Å². The van der Waals surface area contributed by atoms with Crippen LogP contribution in [0.25, 0.3) is 11.4 Å². The first-order chi connectivity index (χ1) is 15.1. The maximum absolute atomic E-state index is 12.8. The van der Waals surface area contributed by atoms with Crippen LogP contribution in [0.5, 0.6) is 5.75 Å². The molecule has 0 saturated heterocycles. The Hall–Kier alpha value is -2.97. The van der Waals surface area contributed by atoms with Gasteiger partial charge in [0.1, 0.15) is 12.3 Å². The van der Waals surface area contributed by atoms with Crippen molar-refractivity contribution in [3.05, 3.63) is 64.9 Å². The van der Waals surface area contributed by atoms with Crippen molar-refractivity contribution in [1.82, 2.24) is 25.0 Å². The lowest BCUT2D eigenvalue weighted by atomic mass is 10.1. The maximum atomic E-state index is 12.8. The number of methoxy groups -OCH3 is 1. The largest absolute Gasteiger partial charge is 0.497 e. The molecule has 1 heterocycles. The minimum absolute atomic E-state index is 0.0937. The molecule has 0 spiro atoms. The van der Waals surface area contributed by atoms with Gasteiger partial charge >= 0.3 is 0 Å². The SMILES string of the molecule is CCN(CC)C(CNC(=O)Cn1c(-c2ccc(OC)cc2)n[nH]c1=S)c1ccccc1. The number of nitrogens with zero attached hydrogens (tertiary/aromatic N) is 3. The summed E-state index contributed by atoms with van der Waals surface area (Å²) in [6.07, 6.45) is 0. The van der Waals surface area contributed by atoms with E-state index in [9.17, 15) is 4.79 Å². The maximum Gasteiger partial charge on any atom is 0.240 e. The zero-order valence-electron chi connectivity index (χ0n) is 18.2. The van der Waals surface area contributed by atoms with E-state index in [0.29, 0.717) is 17.1 Å². The summed E-state index contributed by atoms with van der Waals surface area (Å²) in [5.41, 5.74) is 2.04. The van der Waals surface area contributed by atoms with Gasteiger partial charge in [-0.2, -0.15) is 5.10 Å². The van der Waals surface area contributed by atoms with Gasteiger partial charge in [0, 0.05) is 12.1 Å². The van der Waals surface area contributed by atoms with Crippen LogP contribution in [0.15, 0.2) is 54.6 Å². The van der Waals surface area contributed by atoms with Gasteiger partial charge in [0.2, 0.25) is 5.91 Å². The van der Waals surface area contributed by atoms with Crippen LogP contribution in [-0.2, 0) is 11.3 Å². The lowest BCUT2D eigenvalue weighted by Crippen LogP contribution is -2.39. The molecular weight excluding hydrogens is 410 g/mol. The molecule has 3 rings (SSSR count). The number of H-pyrrole nitrogens is 1. The predicted octanol–water partition coefficient (Wildman–Crippen LogP) is 3.82. The van der Waals surface area contributed by atoms with E-state index in [1.54, 1.807) is 11.7 Å². The highest BCUT2D eigenvalue weighted by atomic mass is 32.1. The molecule has 8 heteroatoms. The van der Waals surface area contributed by atoms with Gasteiger partial charge in [0.25, 0.3) is 0 Å². The molecule has 0 fully saturated rings. The number of benzene rings is 2. The minimum atomic E-state index is -0.111. The highest BCUT2D eigenvalue weighted by molar-refractivity contribution is 7.71. The monoisotopic (exact) mass is 439 g/mol. The highest BCUT2D eigenvalue weighted by Crippen LogP contribution is 2.21. The molecule has 0 bridgehead atoms. The van der Waals surface area contributed by atoms with Gasteiger partial charge in [-0.05, 0) is 55.1 Å². The van der Waals surface area contributed by atoms with Crippen molar-refractivity contribution in [3.63, 3.8) is 0 Å². The molecule has 1 aromatic heterocycles. The molecule has 1 atom stereocenters. The smallest absolute Gasteiger partial charge is 0.240 e. The summed E-state index contributed by atoms with van der Waals surface area (Å²) in [5.74, 6) is 1.26. The van der Waals surface area contributed by atoms with Gasteiger partial charge in [-0.25, -0.2) is 0 Å². The van der Waals surface area contributed by atoms with E-state index in [0.717, 1.165) is 24.4 Å². The Morgan fingerprint density at radius 1 is 1.16 bits per heavy atom. The number of aromatic nitrogens is 3. The van der Waals surface area contributed by atoms with Crippen molar-refractivity contribution in [2.24, 2.45) is 0 Å². The first-order valence-electron chi connectivity index (χ1n) is 10.4. The van der Waals surface area contributed by atoms with E-state index in [2.05, 4.69) is 46.4 Å². The van der Waals surface area contributed by atoms with Crippen molar-refractivity contribution >= 4 is 18.1 Å². The fraction of sp³-hybridized carbons (Fsp3) is 0.348. The first-order valence-corrected chi connectivity index (χ1v) is 10.8. The molecule has 1 unspecified atom stereocenters. The van der Waals surface area contributed by atoms with Gasteiger partial charge in [0.05, 0.1) is 13.2 Å². The molecule has 0 radical (unpaired) electrons. The summed E-state index contributed by atoms with van der Waals surface area (Å²) in [6.45, 7) is 6.69. The summed E-state index contributed by atoms with van der Waals surface area (Å²) in [7, 11) is 1.62. The Kier molecular flexibility index (Phi) is 7.97. The average molecular weight is 440 g/mol. The molecule has 31 heavy (non-hydrogen) atoms. The van der Waals surface area contributed by atoms with Crippen molar-refractivity contribution in [3.8, 4) is 17.1 Å². The average Bonchev–Trinajstić information content (AvgIpc) is 3.17. The van der Waals surface area contributed by atoms with E-state index in [1.807, 2.05) is 42.5 Å². The second-order valence-corrected chi connectivity index (χ2v) is 7.51. The van der Waals surface area contributed by atoms with Crippen molar-refractivity contribution in [1.29, 1.82) is 0 Å². The second kappa shape index (κ2) is 10.9. The number of amides is 1. The number of nitrogens with one attached hydrogen (secondary N) is 2. The number of rotatable bonds is 10.